The number of nitrogens with one attached hydrogen (secondary N) is 1. The van der Waals surface area contributed by atoms with Crippen LogP contribution in [0.3, 0.4) is 0 Å². The molecule has 2 aromatic rings. The van der Waals surface area contributed by atoms with Gasteiger partial charge >= 0.3 is 5.97 Å². The topological polar surface area (TPSA) is 78.9 Å². The minimum Gasteiger partial charge on any atom is -0.481 e. The molecule has 0 aliphatic carbocycles. The lowest BCUT2D eigenvalue weighted by atomic mass is 10.0. The van der Waals surface area contributed by atoms with Gasteiger partial charge in [0.1, 0.15) is 0 Å². The lowest BCUT2D eigenvalue weighted by molar-refractivity contribution is -0.136. The second-order valence-corrected chi connectivity index (χ2v) is 6.13. The van der Waals surface area contributed by atoms with Crippen molar-refractivity contribution in [2.75, 3.05) is 37.7 Å². The molecule has 1 fully saturated rings. The summed E-state index contributed by atoms with van der Waals surface area (Å²) >= 11 is 0. The molecule has 1 aliphatic heterocycles. The molecular weight excluding hydrogens is 332 g/mol. The van der Waals surface area contributed by atoms with Crippen LogP contribution in [0, 0.1) is 0 Å². The molecule has 26 heavy (non-hydrogen) atoms. The molecular formula is C20H22N2O4. The van der Waals surface area contributed by atoms with Crippen molar-refractivity contribution in [3.63, 3.8) is 0 Å². The largest absolute Gasteiger partial charge is 0.481 e. The third-order valence-electron chi connectivity index (χ3n) is 4.33. The molecule has 6 heteroatoms. The van der Waals surface area contributed by atoms with Gasteiger partial charge in [-0.15, -0.1) is 0 Å². The lowest BCUT2D eigenvalue weighted by Gasteiger charge is -2.29. The molecule has 0 bridgehead atoms. The number of hydrogen-bond acceptors (Lipinski definition) is 4. The fraction of sp³-hybridized carbons (Fsp3) is 0.300. The Labute approximate surface area is 152 Å². The molecule has 0 spiro atoms. The van der Waals surface area contributed by atoms with Crippen LogP contribution in [0.1, 0.15) is 16.8 Å². The Kier molecular flexibility index (Phi) is 5.86. The maximum Gasteiger partial charge on any atom is 0.305 e. The summed E-state index contributed by atoms with van der Waals surface area (Å²) in [5, 5.41) is 11.2. The first kappa shape index (κ1) is 17.9. The van der Waals surface area contributed by atoms with Gasteiger partial charge in [0, 0.05) is 30.9 Å². The number of benzene rings is 2. The van der Waals surface area contributed by atoms with E-state index in [1.54, 1.807) is 12.1 Å². The minimum atomic E-state index is -0.930. The number of carbonyl (C=O) groups is 2. The summed E-state index contributed by atoms with van der Waals surface area (Å²) in [6.07, 6.45) is -0.0852. The van der Waals surface area contributed by atoms with Crippen molar-refractivity contribution < 1.29 is 19.4 Å². The second-order valence-electron chi connectivity index (χ2n) is 6.13. The van der Waals surface area contributed by atoms with Gasteiger partial charge in [-0.2, -0.15) is 0 Å². The maximum atomic E-state index is 12.0. The van der Waals surface area contributed by atoms with Crippen molar-refractivity contribution in [2.45, 2.75) is 6.42 Å². The summed E-state index contributed by atoms with van der Waals surface area (Å²) in [4.78, 5) is 24.8. The number of amides is 1. The van der Waals surface area contributed by atoms with Crippen LogP contribution in [-0.4, -0.2) is 49.8 Å². The van der Waals surface area contributed by atoms with Crippen LogP contribution in [0.4, 0.5) is 5.69 Å². The summed E-state index contributed by atoms with van der Waals surface area (Å²) in [5.74, 6) is -1.19. The molecule has 0 saturated carbocycles. The standard InChI is InChI=1S/C20H22N2O4/c23-19(24)8-9-21-20(25)16-6-4-15(5-7-16)17-2-1-3-18(14-17)22-10-12-26-13-11-22/h1-7,14H,8-13H2,(H,21,25)(H,23,24). The number of carbonyl (C=O) groups excluding carboxylic acids is 1. The fourth-order valence-electron chi connectivity index (χ4n) is 2.90. The molecule has 0 unspecified atom stereocenters. The predicted octanol–water partition coefficient (Wildman–Crippen LogP) is 2.39. The van der Waals surface area contributed by atoms with Gasteiger partial charge < -0.3 is 20.1 Å². The molecule has 6 nitrogen and oxygen atoms in total. The van der Waals surface area contributed by atoms with E-state index in [0.717, 1.165) is 37.4 Å². The van der Waals surface area contributed by atoms with Gasteiger partial charge in [-0.25, -0.2) is 0 Å². The lowest BCUT2D eigenvalue weighted by Crippen LogP contribution is -2.36. The van der Waals surface area contributed by atoms with Crippen LogP contribution in [0.25, 0.3) is 11.1 Å². The van der Waals surface area contributed by atoms with E-state index in [1.165, 1.54) is 5.69 Å². The molecule has 1 aliphatic rings. The molecule has 1 saturated heterocycles. The fourth-order valence-corrected chi connectivity index (χ4v) is 2.90. The van der Waals surface area contributed by atoms with Crippen molar-refractivity contribution in [3.8, 4) is 11.1 Å². The predicted molar refractivity (Wildman–Crippen MR) is 99.5 cm³/mol. The van der Waals surface area contributed by atoms with Crippen LogP contribution in [0.15, 0.2) is 48.5 Å². The van der Waals surface area contributed by atoms with Gasteiger partial charge in [-0.05, 0) is 35.4 Å². The summed E-state index contributed by atoms with van der Waals surface area (Å²) in [6.45, 7) is 3.39. The highest BCUT2D eigenvalue weighted by Gasteiger charge is 2.12. The highest BCUT2D eigenvalue weighted by molar-refractivity contribution is 5.94. The van der Waals surface area contributed by atoms with Crippen LogP contribution >= 0.6 is 0 Å². The zero-order valence-corrected chi connectivity index (χ0v) is 14.5. The molecule has 2 N–H and O–H groups in total. The monoisotopic (exact) mass is 354 g/mol. The molecule has 0 radical (unpaired) electrons. The quantitative estimate of drug-likeness (QED) is 0.833. The SMILES string of the molecule is O=C(O)CCNC(=O)c1ccc(-c2cccc(N3CCOCC3)c2)cc1. The minimum absolute atomic E-state index is 0.0852. The zero-order chi connectivity index (χ0) is 18.4. The average molecular weight is 354 g/mol. The number of ether oxygens (including phenoxy) is 1. The molecule has 0 atom stereocenters. The van der Waals surface area contributed by atoms with Crippen LogP contribution in [-0.2, 0) is 9.53 Å². The third kappa shape index (κ3) is 4.61. The van der Waals surface area contributed by atoms with Gasteiger partial charge in [-0.3, -0.25) is 9.59 Å². The number of morpholine rings is 1. The van der Waals surface area contributed by atoms with Crippen LogP contribution in [0.5, 0.6) is 0 Å². The van der Waals surface area contributed by atoms with E-state index in [2.05, 4.69) is 22.3 Å². The number of hydrogen-bond donors (Lipinski definition) is 2. The molecule has 0 aromatic heterocycles. The van der Waals surface area contributed by atoms with E-state index >= 15 is 0 Å². The smallest absolute Gasteiger partial charge is 0.305 e. The maximum absolute atomic E-state index is 12.0. The van der Waals surface area contributed by atoms with E-state index in [0.29, 0.717) is 5.56 Å². The Bertz CT molecular complexity index is 768. The van der Waals surface area contributed by atoms with Crippen molar-refractivity contribution in [3.05, 3.63) is 54.1 Å². The summed E-state index contributed by atoms with van der Waals surface area (Å²) in [5.41, 5.74) is 3.80. The normalized spacial score (nSPS) is 14.1. The highest BCUT2D eigenvalue weighted by Crippen LogP contribution is 2.25. The van der Waals surface area contributed by atoms with E-state index in [4.69, 9.17) is 9.84 Å². The summed E-state index contributed by atoms with van der Waals surface area (Å²) < 4.78 is 5.40. The number of anilines is 1. The number of carboxylic acid groups (broad SMARTS) is 1. The summed E-state index contributed by atoms with van der Waals surface area (Å²) in [6, 6.07) is 15.7. The highest BCUT2D eigenvalue weighted by atomic mass is 16.5. The molecule has 136 valence electrons. The van der Waals surface area contributed by atoms with Crippen molar-refractivity contribution in [2.24, 2.45) is 0 Å². The van der Waals surface area contributed by atoms with Crippen molar-refractivity contribution in [1.82, 2.24) is 5.32 Å². The van der Waals surface area contributed by atoms with E-state index < -0.39 is 5.97 Å². The Balaban J connectivity index is 1.68. The van der Waals surface area contributed by atoms with Crippen LogP contribution in [0.2, 0.25) is 0 Å². The first-order valence-electron chi connectivity index (χ1n) is 8.67. The van der Waals surface area contributed by atoms with Gasteiger partial charge in [0.15, 0.2) is 0 Å². The molecule has 1 amide bonds. The van der Waals surface area contributed by atoms with E-state index in [9.17, 15) is 9.59 Å². The van der Waals surface area contributed by atoms with Crippen LogP contribution < -0.4 is 10.2 Å². The molecule has 1 heterocycles. The number of rotatable bonds is 6. The Hall–Kier alpha value is -2.86. The number of aliphatic carboxylic acids is 1. The number of carboxylic acids is 1. The molecule has 3 rings (SSSR count). The van der Waals surface area contributed by atoms with Crippen molar-refractivity contribution in [1.29, 1.82) is 0 Å². The number of nitrogens with zero attached hydrogens (tertiary/aromatic N) is 1. The van der Waals surface area contributed by atoms with Gasteiger partial charge in [0.05, 0.1) is 19.6 Å². The van der Waals surface area contributed by atoms with Crippen molar-refractivity contribution >= 4 is 17.6 Å². The Morgan fingerprint density at radius 3 is 2.46 bits per heavy atom. The molecule has 2 aromatic carbocycles. The zero-order valence-electron chi connectivity index (χ0n) is 14.5. The van der Waals surface area contributed by atoms with Gasteiger partial charge in [0.2, 0.25) is 0 Å². The van der Waals surface area contributed by atoms with Gasteiger partial charge in [-0.1, -0.05) is 24.3 Å². The first-order chi connectivity index (χ1) is 12.6. The van der Waals surface area contributed by atoms with Gasteiger partial charge in [0.25, 0.3) is 5.91 Å². The third-order valence-corrected chi connectivity index (χ3v) is 4.33. The average Bonchev–Trinajstić information content (AvgIpc) is 2.68. The first-order valence-corrected chi connectivity index (χ1v) is 8.67. The Morgan fingerprint density at radius 1 is 1.04 bits per heavy atom. The van der Waals surface area contributed by atoms with E-state index in [-0.39, 0.29) is 18.9 Å². The Morgan fingerprint density at radius 2 is 1.77 bits per heavy atom. The van der Waals surface area contributed by atoms with E-state index in [1.807, 2.05) is 24.3 Å². The summed E-state index contributed by atoms with van der Waals surface area (Å²) in [7, 11) is 0. The second kappa shape index (κ2) is 8.49.